The van der Waals surface area contributed by atoms with Gasteiger partial charge in [0.15, 0.2) is 0 Å². The average molecular weight is 263 g/mol. The minimum atomic E-state index is 0.143. The molecule has 0 aromatic heterocycles. The van der Waals surface area contributed by atoms with E-state index in [0.29, 0.717) is 5.92 Å². The van der Waals surface area contributed by atoms with Crippen LogP contribution < -0.4 is 5.73 Å². The van der Waals surface area contributed by atoms with Gasteiger partial charge in [0.2, 0.25) is 0 Å². The molecule has 1 fully saturated rings. The number of benzene rings is 2. The minimum absolute atomic E-state index is 0.143. The first-order chi connectivity index (χ1) is 9.83. The SMILES string of the molecule is NC(c1cccc(C2CCC2)c1)C1Cc2ccccc21. The largest absolute Gasteiger partial charge is 0.323 e. The van der Waals surface area contributed by atoms with Crippen LogP contribution in [0.25, 0.3) is 0 Å². The molecule has 2 N–H and O–H groups in total. The van der Waals surface area contributed by atoms with Crippen LogP contribution in [0.4, 0.5) is 0 Å². The number of rotatable bonds is 3. The maximum absolute atomic E-state index is 6.54. The molecule has 2 atom stereocenters. The topological polar surface area (TPSA) is 26.0 Å². The van der Waals surface area contributed by atoms with Crippen molar-refractivity contribution in [2.45, 2.75) is 43.6 Å². The molecule has 0 aliphatic heterocycles. The van der Waals surface area contributed by atoms with Gasteiger partial charge in [0, 0.05) is 12.0 Å². The van der Waals surface area contributed by atoms with Crippen molar-refractivity contribution in [3.05, 3.63) is 70.8 Å². The van der Waals surface area contributed by atoms with Gasteiger partial charge in [-0.05, 0) is 47.4 Å². The van der Waals surface area contributed by atoms with Crippen LogP contribution in [0, 0.1) is 0 Å². The summed E-state index contributed by atoms with van der Waals surface area (Å²) in [6, 6.07) is 17.9. The summed E-state index contributed by atoms with van der Waals surface area (Å²) < 4.78 is 0. The Kier molecular flexibility index (Phi) is 2.89. The summed E-state index contributed by atoms with van der Waals surface area (Å²) in [4.78, 5) is 0. The first kappa shape index (κ1) is 12.2. The molecule has 2 unspecified atom stereocenters. The molecule has 2 aliphatic carbocycles. The quantitative estimate of drug-likeness (QED) is 0.878. The first-order valence-corrected chi connectivity index (χ1v) is 7.76. The summed E-state index contributed by atoms with van der Waals surface area (Å²) in [7, 11) is 0. The third-order valence-corrected chi connectivity index (χ3v) is 5.20. The lowest BCUT2D eigenvalue weighted by Crippen LogP contribution is -2.29. The predicted molar refractivity (Wildman–Crippen MR) is 82.8 cm³/mol. The highest BCUT2D eigenvalue weighted by atomic mass is 14.7. The molecule has 1 nitrogen and oxygen atoms in total. The number of fused-ring (bicyclic) bond motifs is 1. The van der Waals surface area contributed by atoms with E-state index in [0.717, 1.165) is 12.3 Å². The summed E-state index contributed by atoms with van der Waals surface area (Å²) in [5.74, 6) is 1.29. The smallest absolute Gasteiger partial charge is 0.0367 e. The Hall–Kier alpha value is -1.60. The number of hydrogen-bond donors (Lipinski definition) is 1. The van der Waals surface area contributed by atoms with Crippen LogP contribution in [0.2, 0.25) is 0 Å². The second kappa shape index (κ2) is 4.75. The van der Waals surface area contributed by atoms with Crippen LogP contribution in [0.15, 0.2) is 48.5 Å². The van der Waals surface area contributed by atoms with Gasteiger partial charge in [-0.1, -0.05) is 55.0 Å². The monoisotopic (exact) mass is 263 g/mol. The fourth-order valence-electron chi connectivity index (χ4n) is 3.61. The molecule has 102 valence electrons. The molecule has 2 aromatic carbocycles. The van der Waals surface area contributed by atoms with Crippen molar-refractivity contribution in [3.8, 4) is 0 Å². The summed E-state index contributed by atoms with van der Waals surface area (Å²) >= 11 is 0. The number of hydrogen-bond acceptors (Lipinski definition) is 1. The zero-order valence-corrected chi connectivity index (χ0v) is 11.8. The maximum atomic E-state index is 6.54. The molecule has 0 radical (unpaired) electrons. The fraction of sp³-hybridized carbons (Fsp3) is 0.368. The molecule has 0 spiro atoms. The maximum Gasteiger partial charge on any atom is 0.0367 e. The summed E-state index contributed by atoms with van der Waals surface area (Å²) in [5.41, 5.74) is 12.3. The van der Waals surface area contributed by atoms with E-state index in [2.05, 4.69) is 48.5 Å². The van der Waals surface area contributed by atoms with Gasteiger partial charge < -0.3 is 5.73 Å². The summed E-state index contributed by atoms with van der Waals surface area (Å²) in [5, 5.41) is 0. The van der Waals surface area contributed by atoms with E-state index in [4.69, 9.17) is 5.73 Å². The zero-order valence-electron chi connectivity index (χ0n) is 11.8. The Labute approximate surface area is 120 Å². The highest BCUT2D eigenvalue weighted by Gasteiger charge is 2.31. The van der Waals surface area contributed by atoms with Gasteiger partial charge in [-0.25, -0.2) is 0 Å². The lowest BCUT2D eigenvalue weighted by molar-refractivity contribution is 0.418. The molecule has 1 heteroatoms. The standard InChI is InChI=1S/C19H21N/c20-19(18-12-15-5-1-2-10-17(15)18)16-9-4-8-14(11-16)13-6-3-7-13/h1-2,4-5,8-11,13,18-19H,3,6-7,12,20H2. The fourth-order valence-corrected chi connectivity index (χ4v) is 3.61. The van der Waals surface area contributed by atoms with Crippen molar-refractivity contribution in [2.24, 2.45) is 5.73 Å². The lowest BCUT2D eigenvalue weighted by Gasteiger charge is -2.35. The summed E-state index contributed by atoms with van der Waals surface area (Å²) in [6.07, 6.45) is 5.22. The molecule has 1 saturated carbocycles. The van der Waals surface area contributed by atoms with Gasteiger partial charge in [0.1, 0.15) is 0 Å². The molecule has 0 amide bonds. The lowest BCUT2D eigenvalue weighted by atomic mass is 9.71. The summed E-state index contributed by atoms with van der Waals surface area (Å²) in [6.45, 7) is 0. The van der Waals surface area contributed by atoms with Gasteiger partial charge in [0.05, 0.1) is 0 Å². The molecule has 20 heavy (non-hydrogen) atoms. The molecule has 2 aliphatic rings. The van der Waals surface area contributed by atoms with E-state index in [-0.39, 0.29) is 6.04 Å². The third kappa shape index (κ3) is 1.89. The van der Waals surface area contributed by atoms with Gasteiger partial charge in [-0.3, -0.25) is 0 Å². The minimum Gasteiger partial charge on any atom is -0.323 e. The Balaban J connectivity index is 1.59. The molecule has 0 bridgehead atoms. The van der Waals surface area contributed by atoms with Crippen molar-refractivity contribution in [1.82, 2.24) is 0 Å². The van der Waals surface area contributed by atoms with E-state index in [1.54, 1.807) is 0 Å². The molecular weight excluding hydrogens is 242 g/mol. The molecular formula is C19H21N. The zero-order chi connectivity index (χ0) is 13.5. The second-order valence-corrected chi connectivity index (χ2v) is 6.33. The molecule has 2 aromatic rings. The Morgan fingerprint density at radius 2 is 1.85 bits per heavy atom. The van der Waals surface area contributed by atoms with Crippen LogP contribution in [0.1, 0.15) is 59.4 Å². The van der Waals surface area contributed by atoms with Crippen molar-refractivity contribution in [2.75, 3.05) is 0 Å². The Morgan fingerprint density at radius 1 is 1.00 bits per heavy atom. The van der Waals surface area contributed by atoms with Crippen LogP contribution in [-0.4, -0.2) is 0 Å². The van der Waals surface area contributed by atoms with Crippen LogP contribution >= 0.6 is 0 Å². The normalized spacial score (nSPS) is 22.6. The molecule has 4 rings (SSSR count). The van der Waals surface area contributed by atoms with Crippen LogP contribution in [0.3, 0.4) is 0 Å². The van der Waals surface area contributed by atoms with Crippen LogP contribution in [0.5, 0.6) is 0 Å². The van der Waals surface area contributed by atoms with Crippen molar-refractivity contribution in [3.63, 3.8) is 0 Å². The van der Waals surface area contributed by atoms with Gasteiger partial charge >= 0.3 is 0 Å². The van der Waals surface area contributed by atoms with Crippen molar-refractivity contribution >= 4 is 0 Å². The van der Waals surface area contributed by atoms with Gasteiger partial charge in [-0.2, -0.15) is 0 Å². The van der Waals surface area contributed by atoms with E-state index in [9.17, 15) is 0 Å². The molecule has 0 saturated heterocycles. The first-order valence-electron chi connectivity index (χ1n) is 7.76. The predicted octanol–water partition coefficient (Wildman–Crippen LogP) is 4.29. The highest BCUT2D eigenvalue weighted by Crippen LogP contribution is 2.43. The van der Waals surface area contributed by atoms with E-state index < -0.39 is 0 Å². The third-order valence-electron chi connectivity index (χ3n) is 5.20. The van der Waals surface area contributed by atoms with E-state index >= 15 is 0 Å². The second-order valence-electron chi connectivity index (χ2n) is 6.33. The van der Waals surface area contributed by atoms with Crippen molar-refractivity contribution < 1.29 is 0 Å². The van der Waals surface area contributed by atoms with Crippen molar-refractivity contribution in [1.29, 1.82) is 0 Å². The highest BCUT2D eigenvalue weighted by molar-refractivity contribution is 5.43. The van der Waals surface area contributed by atoms with Crippen LogP contribution in [-0.2, 0) is 6.42 Å². The average Bonchev–Trinajstić information content (AvgIpc) is 2.38. The Morgan fingerprint density at radius 3 is 2.60 bits per heavy atom. The van der Waals surface area contributed by atoms with E-state index in [1.807, 2.05) is 0 Å². The van der Waals surface area contributed by atoms with Gasteiger partial charge in [0.25, 0.3) is 0 Å². The van der Waals surface area contributed by atoms with E-state index in [1.165, 1.54) is 41.5 Å². The number of nitrogens with two attached hydrogens (primary N) is 1. The van der Waals surface area contributed by atoms with Gasteiger partial charge in [-0.15, -0.1) is 0 Å². The Bertz CT molecular complexity index is 627. The molecule has 0 heterocycles.